The maximum atomic E-state index is 5.57. The molecule has 0 saturated heterocycles. The second-order valence-electron chi connectivity index (χ2n) is 4.33. The molecule has 0 saturated carbocycles. The Balaban J connectivity index is 1.91. The van der Waals surface area contributed by atoms with Crippen LogP contribution in [0.2, 0.25) is 0 Å². The number of rotatable bonds is 6. The molecular formula is C16H18INO. The van der Waals surface area contributed by atoms with Crippen molar-refractivity contribution >= 4 is 28.3 Å². The first-order chi connectivity index (χ1) is 9.29. The summed E-state index contributed by atoms with van der Waals surface area (Å²) < 4.78 is 6.81. The first-order valence-electron chi connectivity index (χ1n) is 6.49. The van der Waals surface area contributed by atoms with Gasteiger partial charge in [0.25, 0.3) is 0 Å². The van der Waals surface area contributed by atoms with Crippen molar-refractivity contribution in [3.05, 3.63) is 57.7 Å². The van der Waals surface area contributed by atoms with Crippen molar-refractivity contribution in [3.8, 4) is 5.75 Å². The van der Waals surface area contributed by atoms with E-state index in [1.807, 2.05) is 24.3 Å². The Bertz CT molecular complexity index is 510. The predicted molar refractivity (Wildman–Crippen MR) is 88.7 cm³/mol. The zero-order valence-electron chi connectivity index (χ0n) is 11.0. The number of ether oxygens (including phenoxy) is 1. The van der Waals surface area contributed by atoms with Gasteiger partial charge in [-0.25, -0.2) is 0 Å². The SMILES string of the molecule is CCCOc1ccc(CNc2ccccc2I)cc1. The van der Waals surface area contributed by atoms with E-state index < -0.39 is 0 Å². The van der Waals surface area contributed by atoms with Gasteiger partial charge in [-0.05, 0) is 58.8 Å². The zero-order valence-corrected chi connectivity index (χ0v) is 13.2. The van der Waals surface area contributed by atoms with E-state index in [-0.39, 0.29) is 0 Å². The summed E-state index contributed by atoms with van der Waals surface area (Å²) in [4.78, 5) is 0. The number of nitrogens with one attached hydrogen (secondary N) is 1. The Morgan fingerprint density at radius 1 is 1.05 bits per heavy atom. The molecule has 0 aliphatic carbocycles. The van der Waals surface area contributed by atoms with Gasteiger partial charge in [0, 0.05) is 15.8 Å². The number of halogens is 1. The van der Waals surface area contributed by atoms with Crippen molar-refractivity contribution in [2.75, 3.05) is 11.9 Å². The van der Waals surface area contributed by atoms with E-state index in [0.717, 1.165) is 25.3 Å². The van der Waals surface area contributed by atoms with Crippen molar-refractivity contribution in [1.82, 2.24) is 0 Å². The molecule has 0 aliphatic heterocycles. The number of benzene rings is 2. The summed E-state index contributed by atoms with van der Waals surface area (Å²) in [5.74, 6) is 0.944. The third-order valence-corrected chi connectivity index (χ3v) is 3.69. The molecule has 2 rings (SSSR count). The molecule has 0 aromatic heterocycles. The number of para-hydroxylation sites is 1. The van der Waals surface area contributed by atoms with E-state index in [1.165, 1.54) is 14.8 Å². The minimum Gasteiger partial charge on any atom is -0.494 e. The lowest BCUT2D eigenvalue weighted by molar-refractivity contribution is 0.317. The topological polar surface area (TPSA) is 21.3 Å². The van der Waals surface area contributed by atoms with Gasteiger partial charge < -0.3 is 10.1 Å². The van der Waals surface area contributed by atoms with Crippen LogP contribution in [0.4, 0.5) is 5.69 Å². The lowest BCUT2D eigenvalue weighted by Crippen LogP contribution is -2.01. The van der Waals surface area contributed by atoms with Crippen molar-refractivity contribution in [2.24, 2.45) is 0 Å². The van der Waals surface area contributed by atoms with Gasteiger partial charge in [0.2, 0.25) is 0 Å². The van der Waals surface area contributed by atoms with Gasteiger partial charge in [-0.1, -0.05) is 31.2 Å². The molecule has 0 fully saturated rings. The van der Waals surface area contributed by atoms with Crippen LogP contribution in [0.5, 0.6) is 5.75 Å². The minimum atomic E-state index is 0.778. The Kier molecular flexibility index (Phi) is 5.51. The normalized spacial score (nSPS) is 10.2. The van der Waals surface area contributed by atoms with Crippen LogP contribution in [-0.4, -0.2) is 6.61 Å². The number of anilines is 1. The van der Waals surface area contributed by atoms with Gasteiger partial charge in [0.05, 0.1) is 6.61 Å². The lowest BCUT2D eigenvalue weighted by Gasteiger charge is -2.09. The molecule has 0 spiro atoms. The predicted octanol–water partition coefficient (Wildman–Crippen LogP) is 4.69. The summed E-state index contributed by atoms with van der Waals surface area (Å²) in [6, 6.07) is 16.6. The van der Waals surface area contributed by atoms with Crippen LogP contribution in [0.25, 0.3) is 0 Å². The average Bonchev–Trinajstić information content (AvgIpc) is 2.45. The van der Waals surface area contributed by atoms with Crippen LogP contribution in [0, 0.1) is 3.57 Å². The smallest absolute Gasteiger partial charge is 0.119 e. The molecule has 3 heteroatoms. The highest BCUT2D eigenvalue weighted by molar-refractivity contribution is 14.1. The molecule has 1 N–H and O–H groups in total. The Morgan fingerprint density at radius 2 is 1.79 bits per heavy atom. The second-order valence-corrected chi connectivity index (χ2v) is 5.49. The van der Waals surface area contributed by atoms with E-state index in [2.05, 4.69) is 59.1 Å². The van der Waals surface area contributed by atoms with Crippen molar-refractivity contribution < 1.29 is 4.74 Å². The Hall–Kier alpha value is -1.23. The summed E-state index contributed by atoms with van der Waals surface area (Å²) in [6.07, 6.45) is 1.04. The highest BCUT2D eigenvalue weighted by atomic mass is 127. The molecule has 0 bridgehead atoms. The number of hydrogen-bond donors (Lipinski definition) is 1. The average molecular weight is 367 g/mol. The van der Waals surface area contributed by atoms with Crippen LogP contribution in [0.3, 0.4) is 0 Å². The molecule has 2 nitrogen and oxygen atoms in total. The van der Waals surface area contributed by atoms with Gasteiger partial charge >= 0.3 is 0 Å². The van der Waals surface area contributed by atoms with Gasteiger partial charge in [-0.15, -0.1) is 0 Å². The van der Waals surface area contributed by atoms with E-state index in [1.54, 1.807) is 0 Å². The summed E-state index contributed by atoms with van der Waals surface area (Å²) in [5, 5.41) is 3.44. The van der Waals surface area contributed by atoms with Crippen molar-refractivity contribution in [2.45, 2.75) is 19.9 Å². The minimum absolute atomic E-state index is 0.778. The first-order valence-corrected chi connectivity index (χ1v) is 7.57. The fourth-order valence-corrected chi connectivity index (χ4v) is 2.30. The summed E-state index contributed by atoms with van der Waals surface area (Å²) >= 11 is 2.34. The highest BCUT2D eigenvalue weighted by Crippen LogP contribution is 2.18. The molecule has 0 amide bonds. The van der Waals surface area contributed by atoms with Crippen LogP contribution in [0.1, 0.15) is 18.9 Å². The molecule has 0 unspecified atom stereocenters. The first kappa shape index (κ1) is 14.2. The summed E-state index contributed by atoms with van der Waals surface area (Å²) in [7, 11) is 0. The fourth-order valence-electron chi connectivity index (χ4n) is 1.73. The van der Waals surface area contributed by atoms with Gasteiger partial charge in [0.15, 0.2) is 0 Å². The van der Waals surface area contributed by atoms with E-state index >= 15 is 0 Å². The lowest BCUT2D eigenvalue weighted by atomic mass is 10.2. The molecule has 0 heterocycles. The monoisotopic (exact) mass is 367 g/mol. The number of hydrogen-bond acceptors (Lipinski definition) is 2. The van der Waals surface area contributed by atoms with Gasteiger partial charge in [0.1, 0.15) is 5.75 Å². The molecule has 19 heavy (non-hydrogen) atoms. The van der Waals surface area contributed by atoms with E-state index in [0.29, 0.717) is 0 Å². The third kappa shape index (κ3) is 4.42. The Labute approximate surface area is 128 Å². The summed E-state index contributed by atoms with van der Waals surface area (Å²) in [6.45, 7) is 3.72. The third-order valence-electron chi connectivity index (χ3n) is 2.75. The zero-order chi connectivity index (χ0) is 13.5. The molecule has 0 radical (unpaired) electrons. The van der Waals surface area contributed by atoms with Gasteiger partial charge in [-0.2, -0.15) is 0 Å². The molecule has 100 valence electrons. The maximum Gasteiger partial charge on any atom is 0.119 e. The van der Waals surface area contributed by atoms with E-state index in [9.17, 15) is 0 Å². The van der Waals surface area contributed by atoms with Crippen LogP contribution in [-0.2, 0) is 6.54 Å². The maximum absolute atomic E-state index is 5.57. The van der Waals surface area contributed by atoms with Crippen LogP contribution < -0.4 is 10.1 Å². The molecule has 0 aliphatic rings. The van der Waals surface area contributed by atoms with E-state index in [4.69, 9.17) is 4.74 Å². The van der Waals surface area contributed by atoms with Crippen molar-refractivity contribution in [1.29, 1.82) is 0 Å². The quantitative estimate of drug-likeness (QED) is 0.748. The molecule has 2 aromatic rings. The summed E-state index contributed by atoms with van der Waals surface area (Å²) in [5.41, 5.74) is 2.43. The van der Waals surface area contributed by atoms with Gasteiger partial charge in [-0.3, -0.25) is 0 Å². The second kappa shape index (κ2) is 7.38. The molecule has 0 atom stereocenters. The van der Waals surface area contributed by atoms with Crippen molar-refractivity contribution in [3.63, 3.8) is 0 Å². The van der Waals surface area contributed by atoms with Crippen LogP contribution >= 0.6 is 22.6 Å². The molecular weight excluding hydrogens is 349 g/mol. The Morgan fingerprint density at radius 3 is 2.47 bits per heavy atom. The highest BCUT2D eigenvalue weighted by Gasteiger charge is 1.99. The standard InChI is InChI=1S/C16H18INO/c1-2-11-19-14-9-7-13(8-10-14)12-18-16-6-4-3-5-15(16)17/h3-10,18H,2,11-12H2,1H3. The largest absolute Gasteiger partial charge is 0.494 e. The molecule has 2 aromatic carbocycles. The van der Waals surface area contributed by atoms with Crippen LogP contribution in [0.15, 0.2) is 48.5 Å². The fraction of sp³-hybridized carbons (Fsp3) is 0.250.